The zero-order valence-electron chi connectivity index (χ0n) is 21.3. The molecule has 9 heteroatoms. The molecular weight excluding hydrogens is 520 g/mol. The lowest BCUT2D eigenvalue weighted by Gasteiger charge is -2.08. The van der Waals surface area contributed by atoms with Crippen molar-refractivity contribution in [2.75, 3.05) is 5.43 Å². The highest BCUT2D eigenvalue weighted by Crippen LogP contribution is 2.18. The molecule has 3 aromatic rings. The number of aryl methyl sites for hydroxylation is 2. The van der Waals surface area contributed by atoms with Crippen LogP contribution in [-0.4, -0.2) is 25.3 Å². The molecule has 0 saturated heterocycles. The molecule has 0 amide bonds. The lowest BCUT2D eigenvalue weighted by molar-refractivity contribution is 0.538. The molecule has 0 saturated carbocycles. The summed E-state index contributed by atoms with van der Waals surface area (Å²) in [5.41, 5.74) is 3.81. The summed E-state index contributed by atoms with van der Waals surface area (Å²) in [6.07, 6.45) is 15.9. The van der Waals surface area contributed by atoms with Crippen LogP contribution in [-0.2, 0) is 13.6 Å². The number of hydrogen-bond acceptors (Lipinski definition) is 5. The second-order valence-electron chi connectivity index (χ2n) is 9.07. The van der Waals surface area contributed by atoms with Crippen LogP contribution in [0.25, 0.3) is 17.2 Å². The van der Waals surface area contributed by atoms with E-state index in [0.717, 1.165) is 22.9 Å². The van der Waals surface area contributed by atoms with Gasteiger partial charge in [0, 0.05) is 18.1 Å². The summed E-state index contributed by atoms with van der Waals surface area (Å²) in [4.78, 5) is 31.6. The standard InChI is InChI=1S/C27H37BrN6O2/c1-3-4-5-6-7-8-9-10-11-15-18-34-23-24(33(2)27(36)31-25(23)35)30-26(34)32-29-20-22(28)19-21-16-13-12-14-17-21/h12-14,16-17,19-20H,3-11,15,18H2,1-2H3,(H,30,32)(H,31,35,36). The predicted molar refractivity (Wildman–Crippen MR) is 153 cm³/mol. The van der Waals surface area contributed by atoms with Crippen LogP contribution < -0.4 is 16.7 Å². The fourth-order valence-corrected chi connectivity index (χ4v) is 4.56. The summed E-state index contributed by atoms with van der Waals surface area (Å²) in [6.45, 7) is 2.86. The second-order valence-corrected chi connectivity index (χ2v) is 9.99. The van der Waals surface area contributed by atoms with E-state index in [-0.39, 0.29) is 0 Å². The number of hydrogen-bond donors (Lipinski definition) is 2. The topological polar surface area (TPSA) is 97.1 Å². The smallest absolute Gasteiger partial charge is 0.303 e. The Morgan fingerprint density at radius 1 is 1.03 bits per heavy atom. The van der Waals surface area contributed by atoms with E-state index in [1.165, 1.54) is 55.9 Å². The van der Waals surface area contributed by atoms with Gasteiger partial charge in [0.1, 0.15) is 0 Å². The number of halogens is 1. The van der Waals surface area contributed by atoms with Gasteiger partial charge in [0.25, 0.3) is 5.56 Å². The van der Waals surface area contributed by atoms with Gasteiger partial charge in [-0.1, -0.05) is 95.0 Å². The molecule has 2 heterocycles. The molecule has 0 atom stereocenters. The molecule has 0 fully saturated rings. The highest BCUT2D eigenvalue weighted by Gasteiger charge is 2.16. The van der Waals surface area contributed by atoms with Crippen molar-refractivity contribution in [3.05, 3.63) is 61.2 Å². The van der Waals surface area contributed by atoms with Crippen molar-refractivity contribution in [1.82, 2.24) is 19.1 Å². The fraction of sp³-hybridized carbons (Fsp3) is 0.481. The first-order valence-corrected chi connectivity index (χ1v) is 13.7. The summed E-state index contributed by atoms with van der Waals surface area (Å²) in [7, 11) is 1.60. The number of benzene rings is 1. The minimum Gasteiger partial charge on any atom is -0.303 e. The van der Waals surface area contributed by atoms with Crippen molar-refractivity contribution in [2.45, 2.75) is 77.7 Å². The summed E-state index contributed by atoms with van der Waals surface area (Å²) < 4.78 is 3.96. The Morgan fingerprint density at radius 3 is 2.33 bits per heavy atom. The number of hydrazone groups is 1. The fourth-order valence-electron chi connectivity index (χ4n) is 4.19. The lowest BCUT2D eigenvalue weighted by Crippen LogP contribution is -2.29. The molecule has 0 spiro atoms. The van der Waals surface area contributed by atoms with E-state index in [2.05, 4.69) is 43.3 Å². The number of anilines is 1. The Hall–Kier alpha value is -2.94. The summed E-state index contributed by atoms with van der Waals surface area (Å²) in [6, 6.07) is 9.91. The number of allylic oxidation sites excluding steroid dienone is 1. The van der Waals surface area contributed by atoms with Crippen LogP contribution in [0.15, 0.2) is 49.5 Å². The molecule has 0 aliphatic heterocycles. The molecule has 36 heavy (non-hydrogen) atoms. The number of unbranched alkanes of at least 4 members (excludes halogenated alkanes) is 9. The van der Waals surface area contributed by atoms with E-state index in [0.29, 0.717) is 23.7 Å². The van der Waals surface area contributed by atoms with Crippen molar-refractivity contribution in [2.24, 2.45) is 12.1 Å². The molecule has 2 N–H and O–H groups in total. The van der Waals surface area contributed by atoms with Crippen LogP contribution in [0.2, 0.25) is 0 Å². The van der Waals surface area contributed by atoms with E-state index >= 15 is 0 Å². The summed E-state index contributed by atoms with van der Waals surface area (Å²) in [5.74, 6) is 0.434. The number of fused-ring (bicyclic) bond motifs is 1. The highest BCUT2D eigenvalue weighted by atomic mass is 79.9. The molecule has 3 rings (SSSR count). The minimum absolute atomic E-state index is 0.340. The van der Waals surface area contributed by atoms with Gasteiger partial charge in [-0.3, -0.25) is 14.3 Å². The maximum absolute atomic E-state index is 12.6. The Morgan fingerprint density at radius 2 is 1.67 bits per heavy atom. The van der Waals surface area contributed by atoms with E-state index in [1.54, 1.807) is 13.3 Å². The SMILES string of the molecule is CCCCCCCCCCCCn1c(NN=CC(Br)=Cc2ccccc2)nc2c1c(=O)[nH]c(=O)n2C. The zero-order valence-corrected chi connectivity index (χ0v) is 22.9. The Labute approximate surface area is 220 Å². The van der Waals surface area contributed by atoms with Crippen molar-refractivity contribution in [3.8, 4) is 0 Å². The third-order valence-electron chi connectivity index (χ3n) is 6.20. The van der Waals surface area contributed by atoms with Gasteiger partial charge in [0.15, 0.2) is 11.2 Å². The maximum Gasteiger partial charge on any atom is 0.329 e. The minimum atomic E-state index is -0.486. The molecular formula is C27H37BrN6O2. The average Bonchev–Trinajstić information content (AvgIpc) is 3.23. The number of nitrogens with zero attached hydrogens (tertiary/aromatic N) is 4. The molecule has 0 radical (unpaired) electrons. The number of imidazole rings is 1. The average molecular weight is 558 g/mol. The first-order valence-electron chi connectivity index (χ1n) is 12.9. The van der Waals surface area contributed by atoms with Crippen LogP contribution >= 0.6 is 15.9 Å². The third-order valence-corrected chi connectivity index (χ3v) is 6.63. The van der Waals surface area contributed by atoms with E-state index < -0.39 is 11.2 Å². The van der Waals surface area contributed by atoms with E-state index in [4.69, 9.17) is 0 Å². The highest BCUT2D eigenvalue weighted by molar-refractivity contribution is 9.12. The van der Waals surface area contributed by atoms with Crippen LogP contribution in [0, 0.1) is 0 Å². The van der Waals surface area contributed by atoms with E-state index in [1.807, 2.05) is 41.0 Å². The largest absolute Gasteiger partial charge is 0.329 e. The van der Waals surface area contributed by atoms with Crippen LogP contribution in [0.3, 0.4) is 0 Å². The predicted octanol–water partition coefficient (Wildman–Crippen LogP) is 6.18. The normalized spacial score (nSPS) is 12.1. The van der Waals surface area contributed by atoms with Crippen molar-refractivity contribution in [3.63, 3.8) is 0 Å². The molecule has 0 aliphatic carbocycles. The van der Waals surface area contributed by atoms with Gasteiger partial charge in [-0.05, 0) is 34.0 Å². The van der Waals surface area contributed by atoms with Gasteiger partial charge in [0.2, 0.25) is 5.95 Å². The monoisotopic (exact) mass is 556 g/mol. The molecule has 194 valence electrons. The first-order chi connectivity index (χ1) is 17.5. The Balaban J connectivity index is 1.65. The van der Waals surface area contributed by atoms with E-state index in [9.17, 15) is 9.59 Å². The molecule has 8 nitrogen and oxygen atoms in total. The second kappa shape index (κ2) is 14.6. The molecule has 0 unspecified atom stereocenters. The molecule has 2 aromatic heterocycles. The third kappa shape index (κ3) is 8.05. The van der Waals surface area contributed by atoms with Crippen molar-refractivity contribution < 1.29 is 0 Å². The number of H-pyrrole nitrogens is 1. The maximum atomic E-state index is 12.6. The molecule has 0 bridgehead atoms. The van der Waals surface area contributed by atoms with Gasteiger partial charge in [0.05, 0.1) is 6.21 Å². The van der Waals surface area contributed by atoms with Crippen molar-refractivity contribution in [1.29, 1.82) is 0 Å². The molecule has 0 aliphatic rings. The lowest BCUT2D eigenvalue weighted by atomic mass is 10.1. The molecule has 1 aromatic carbocycles. The quantitative estimate of drug-likeness (QED) is 0.133. The van der Waals surface area contributed by atoms with Gasteiger partial charge in [-0.15, -0.1) is 0 Å². The zero-order chi connectivity index (χ0) is 25.8. The van der Waals surface area contributed by atoms with Crippen molar-refractivity contribution >= 4 is 45.3 Å². The Bertz CT molecular complexity index is 1270. The number of rotatable bonds is 15. The Kier molecular flexibility index (Phi) is 11.2. The van der Waals surface area contributed by atoms with Crippen LogP contribution in [0.1, 0.15) is 76.7 Å². The van der Waals surface area contributed by atoms with Gasteiger partial charge in [-0.25, -0.2) is 10.2 Å². The number of aromatic amines is 1. The van der Waals surface area contributed by atoms with Gasteiger partial charge in [-0.2, -0.15) is 10.1 Å². The van der Waals surface area contributed by atoms with Gasteiger partial charge < -0.3 is 4.57 Å². The van der Waals surface area contributed by atoms with Crippen LogP contribution in [0.4, 0.5) is 5.95 Å². The first kappa shape index (κ1) is 27.6. The number of aromatic nitrogens is 4. The summed E-state index contributed by atoms with van der Waals surface area (Å²) in [5, 5.41) is 4.30. The summed E-state index contributed by atoms with van der Waals surface area (Å²) >= 11 is 3.51. The van der Waals surface area contributed by atoms with Gasteiger partial charge >= 0.3 is 5.69 Å². The van der Waals surface area contributed by atoms with Crippen LogP contribution in [0.5, 0.6) is 0 Å². The number of nitrogens with one attached hydrogen (secondary N) is 2.